The molecule has 3 rings (SSSR count). The molecule has 2 heterocycles. The van der Waals surface area contributed by atoms with Crippen molar-refractivity contribution >= 4 is 23.4 Å². The van der Waals surface area contributed by atoms with Crippen molar-refractivity contribution < 1.29 is 9.59 Å². The van der Waals surface area contributed by atoms with Crippen molar-refractivity contribution in [3.63, 3.8) is 0 Å². The number of aromatic nitrogens is 2. The minimum Gasteiger partial charge on any atom is -0.350 e. The van der Waals surface area contributed by atoms with E-state index in [1.54, 1.807) is 41.0 Å². The summed E-state index contributed by atoms with van der Waals surface area (Å²) < 4.78 is 1.73. The van der Waals surface area contributed by atoms with Crippen LogP contribution in [0.15, 0.2) is 36.7 Å². The molecular formula is C19H20ClN5O2. The fourth-order valence-corrected chi connectivity index (χ4v) is 3.15. The Morgan fingerprint density at radius 2 is 2.15 bits per heavy atom. The van der Waals surface area contributed by atoms with E-state index < -0.39 is 5.92 Å². The number of rotatable bonds is 5. The lowest BCUT2D eigenvalue weighted by atomic mass is 10.1. The number of nitrogens with zero attached hydrogens (tertiary/aromatic N) is 4. The van der Waals surface area contributed by atoms with Crippen molar-refractivity contribution in [1.82, 2.24) is 20.0 Å². The van der Waals surface area contributed by atoms with Gasteiger partial charge < -0.3 is 10.2 Å². The lowest BCUT2D eigenvalue weighted by molar-refractivity contribution is -0.123. The van der Waals surface area contributed by atoms with Crippen molar-refractivity contribution in [1.29, 1.82) is 5.26 Å². The SMILES string of the molecule is CC(C#N)C(=O)NC1CCN(C(=O)c2ccc(Cn3cc(Cl)cn3)cc2)C1. The molecule has 140 valence electrons. The number of amides is 2. The van der Waals surface area contributed by atoms with E-state index in [-0.39, 0.29) is 17.9 Å². The van der Waals surface area contributed by atoms with Gasteiger partial charge in [0.2, 0.25) is 5.91 Å². The lowest BCUT2D eigenvalue weighted by Crippen LogP contribution is -2.40. The Kier molecular flexibility index (Phi) is 5.77. The topological polar surface area (TPSA) is 91.0 Å². The maximum atomic E-state index is 12.7. The zero-order valence-corrected chi connectivity index (χ0v) is 15.7. The molecule has 2 amide bonds. The highest BCUT2D eigenvalue weighted by molar-refractivity contribution is 6.30. The number of nitriles is 1. The number of benzene rings is 1. The van der Waals surface area contributed by atoms with Gasteiger partial charge >= 0.3 is 0 Å². The molecule has 1 fully saturated rings. The van der Waals surface area contributed by atoms with Crippen LogP contribution in [0.1, 0.15) is 29.3 Å². The molecule has 2 unspecified atom stereocenters. The van der Waals surface area contributed by atoms with Crippen LogP contribution >= 0.6 is 11.6 Å². The molecule has 0 aliphatic carbocycles. The highest BCUT2D eigenvalue weighted by Crippen LogP contribution is 2.16. The Morgan fingerprint density at radius 3 is 2.78 bits per heavy atom. The van der Waals surface area contributed by atoms with E-state index in [1.165, 1.54) is 0 Å². The maximum Gasteiger partial charge on any atom is 0.253 e. The number of nitrogens with one attached hydrogen (secondary N) is 1. The van der Waals surface area contributed by atoms with Gasteiger partial charge in [0.1, 0.15) is 5.92 Å². The molecule has 1 saturated heterocycles. The third-order valence-electron chi connectivity index (χ3n) is 4.56. The molecule has 2 atom stereocenters. The number of likely N-dealkylation sites (tertiary alicyclic amines) is 1. The average molecular weight is 386 g/mol. The van der Waals surface area contributed by atoms with Gasteiger partial charge in [-0.2, -0.15) is 10.4 Å². The molecule has 1 aliphatic rings. The number of hydrogen-bond acceptors (Lipinski definition) is 4. The Morgan fingerprint density at radius 1 is 1.41 bits per heavy atom. The van der Waals surface area contributed by atoms with E-state index in [9.17, 15) is 9.59 Å². The summed E-state index contributed by atoms with van der Waals surface area (Å²) in [5, 5.41) is 16.3. The third-order valence-corrected chi connectivity index (χ3v) is 4.75. The molecule has 7 nitrogen and oxygen atoms in total. The number of hydrogen-bond donors (Lipinski definition) is 1. The molecular weight excluding hydrogens is 366 g/mol. The molecule has 1 aromatic heterocycles. The average Bonchev–Trinajstić information content (AvgIpc) is 3.30. The van der Waals surface area contributed by atoms with Crippen molar-refractivity contribution in [2.45, 2.75) is 25.9 Å². The second kappa shape index (κ2) is 8.23. The summed E-state index contributed by atoms with van der Waals surface area (Å²) in [5.74, 6) is -1.04. The van der Waals surface area contributed by atoms with Crippen LogP contribution < -0.4 is 5.32 Å². The van der Waals surface area contributed by atoms with Gasteiger partial charge in [0.15, 0.2) is 0 Å². The fourth-order valence-electron chi connectivity index (χ4n) is 2.99. The second-order valence-corrected chi connectivity index (χ2v) is 7.09. The quantitative estimate of drug-likeness (QED) is 0.852. The first-order valence-corrected chi connectivity index (χ1v) is 9.10. The maximum absolute atomic E-state index is 12.7. The van der Waals surface area contributed by atoms with Gasteiger partial charge in [-0.15, -0.1) is 0 Å². The van der Waals surface area contributed by atoms with Crippen LogP contribution in [0.4, 0.5) is 0 Å². The predicted octanol–water partition coefficient (Wildman–Crippen LogP) is 2.08. The predicted molar refractivity (Wildman–Crippen MR) is 100 cm³/mol. The first-order valence-electron chi connectivity index (χ1n) is 8.72. The van der Waals surface area contributed by atoms with Gasteiger partial charge in [-0.25, -0.2) is 0 Å². The van der Waals surface area contributed by atoms with Crippen molar-refractivity contribution in [2.24, 2.45) is 5.92 Å². The van der Waals surface area contributed by atoms with Gasteiger partial charge in [-0.1, -0.05) is 23.7 Å². The van der Waals surface area contributed by atoms with Gasteiger partial charge in [0, 0.05) is 30.9 Å². The van der Waals surface area contributed by atoms with Gasteiger partial charge in [0.25, 0.3) is 5.91 Å². The molecule has 1 aromatic carbocycles. The van der Waals surface area contributed by atoms with Crippen molar-refractivity contribution in [2.75, 3.05) is 13.1 Å². The summed E-state index contributed by atoms with van der Waals surface area (Å²) in [4.78, 5) is 26.2. The summed E-state index contributed by atoms with van der Waals surface area (Å²) in [5.41, 5.74) is 1.62. The number of carbonyl (C=O) groups is 2. The van der Waals surface area contributed by atoms with E-state index in [2.05, 4.69) is 10.4 Å². The number of carbonyl (C=O) groups excluding carboxylic acids is 2. The van der Waals surface area contributed by atoms with E-state index >= 15 is 0 Å². The molecule has 1 N–H and O–H groups in total. The molecule has 0 radical (unpaired) electrons. The molecule has 0 bridgehead atoms. The summed E-state index contributed by atoms with van der Waals surface area (Å²) in [6, 6.07) is 9.19. The monoisotopic (exact) mass is 385 g/mol. The summed E-state index contributed by atoms with van der Waals surface area (Å²) in [7, 11) is 0. The molecule has 0 saturated carbocycles. The molecule has 1 aliphatic heterocycles. The minimum atomic E-state index is -0.688. The van der Waals surface area contributed by atoms with E-state index in [4.69, 9.17) is 16.9 Å². The Balaban J connectivity index is 1.56. The molecule has 0 spiro atoms. The summed E-state index contributed by atoms with van der Waals surface area (Å²) in [6.45, 7) is 3.18. The van der Waals surface area contributed by atoms with Crippen LogP contribution in [0.25, 0.3) is 0 Å². The second-order valence-electron chi connectivity index (χ2n) is 6.65. The molecule has 2 aromatic rings. The van der Waals surface area contributed by atoms with Crippen LogP contribution in [0.2, 0.25) is 5.02 Å². The third kappa shape index (κ3) is 4.66. The van der Waals surface area contributed by atoms with Crippen LogP contribution in [-0.2, 0) is 11.3 Å². The summed E-state index contributed by atoms with van der Waals surface area (Å²) in [6.07, 6.45) is 4.01. The fraction of sp³-hybridized carbons (Fsp3) is 0.368. The minimum absolute atomic E-state index is 0.0613. The van der Waals surface area contributed by atoms with E-state index in [1.807, 2.05) is 18.2 Å². The lowest BCUT2D eigenvalue weighted by Gasteiger charge is -2.18. The Bertz CT molecular complexity index is 871. The van der Waals surface area contributed by atoms with E-state index in [0.29, 0.717) is 36.6 Å². The highest BCUT2D eigenvalue weighted by atomic mass is 35.5. The van der Waals surface area contributed by atoms with Crippen molar-refractivity contribution in [3.05, 3.63) is 52.8 Å². The van der Waals surface area contributed by atoms with Crippen LogP contribution in [0, 0.1) is 17.2 Å². The number of halogens is 1. The van der Waals surface area contributed by atoms with Gasteiger partial charge in [-0.05, 0) is 31.0 Å². The Labute approximate surface area is 162 Å². The first-order chi connectivity index (χ1) is 13.0. The standard InChI is InChI=1S/C19H20ClN5O2/c1-13(8-21)18(26)23-17-6-7-24(12-17)19(27)15-4-2-14(3-5-15)10-25-11-16(20)9-22-25/h2-5,9,11,13,17H,6-7,10,12H2,1H3,(H,23,26). The normalized spacial score (nSPS) is 17.4. The van der Waals surface area contributed by atoms with Crippen molar-refractivity contribution in [3.8, 4) is 6.07 Å². The molecule has 27 heavy (non-hydrogen) atoms. The zero-order chi connectivity index (χ0) is 19.4. The Hall–Kier alpha value is -2.85. The van der Waals surface area contributed by atoms with Crippen LogP contribution in [0.3, 0.4) is 0 Å². The smallest absolute Gasteiger partial charge is 0.253 e. The van der Waals surface area contributed by atoms with Gasteiger partial charge in [-0.3, -0.25) is 14.3 Å². The van der Waals surface area contributed by atoms with E-state index in [0.717, 1.165) is 5.56 Å². The first kappa shape index (κ1) is 18.9. The van der Waals surface area contributed by atoms with Crippen LogP contribution in [-0.4, -0.2) is 45.6 Å². The van der Waals surface area contributed by atoms with Crippen LogP contribution in [0.5, 0.6) is 0 Å². The summed E-state index contributed by atoms with van der Waals surface area (Å²) >= 11 is 5.86. The molecule has 8 heteroatoms. The van der Waals surface area contributed by atoms with Gasteiger partial charge in [0.05, 0.1) is 23.8 Å². The largest absolute Gasteiger partial charge is 0.350 e. The highest BCUT2D eigenvalue weighted by Gasteiger charge is 2.28. The zero-order valence-electron chi connectivity index (χ0n) is 14.9.